The standard InChI is InChI=1S/C77H150O17P2/c1-9-70(8)56-48-40-31-24-20-16-14-12-10-11-13-15-17-21-26-33-43-51-59-76(81)93-72(63-87-74(79)57-49-41-32-25-22-18-19-23-29-37-45-53-67(2)3)65-91-95(83,84)89-61-71(78)62-90-96(85,86)92-66-73(64-88-75(80)58-50-42-36-35-39-47-55-69(6)7)94-77(82)60-52-44-34-28-27-30-38-46-54-68(4)5/h67-73,78H,9-66H2,1-8H3,(H,83,84)(H,85,86)/t70?,71-,72-,73-/m1/s1. The lowest BCUT2D eigenvalue weighted by atomic mass is 9.99. The third-order valence-electron chi connectivity index (χ3n) is 18.2. The summed E-state index contributed by atoms with van der Waals surface area (Å²) in [6.07, 6.45) is 51.6. The molecular weight excluding hydrogens is 1260 g/mol. The molecule has 0 aliphatic carbocycles. The van der Waals surface area contributed by atoms with Crippen LogP contribution in [-0.2, 0) is 65.4 Å². The quantitative estimate of drug-likeness (QED) is 0.0222. The first kappa shape index (κ1) is 94.1. The normalized spacial score (nSPS) is 14.4. The van der Waals surface area contributed by atoms with Crippen molar-refractivity contribution in [3.63, 3.8) is 0 Å². The van der Waals surface area contributed by atoms with E-state index < -0.39 is 97.5 Å². The molecule has 0 aromatic rings. The molecule has 0 bridgehead atoms. The van der Waals surface area contributed by atoms with E-state index >= 15 is 0 Å². The molecular formula is C77H150O17P2. The van der Waals surface area contributed by atoms with Crippen LogP contribution in [0.3, 0.4) is 0 Å². The molecule has 570 valence electrons. The van der Waals surface area contributed by atoms with Crippen LogP contribution in [0.15, 0.2) is 0 Å². The molecule has 0 amide bonds. The Morgan fingerprint density at radius 3 is 0.740 bits per heavy atom. The van der Waals surface area contributed by atoms with Gasteiger partial charge < -0.3 is 33.8 Å². The van der Waals surface area contributed by atoms with E-state index in [1.54, 1.807) is 0 Å². The fourth-order valence-electron chi connectivity index (χ4n) is 11.7. The van der Waals surface area contributed by atoms with Gasteiger partial charge in [0.15, 0.2) is 12.2 Å². The summed E-state index contributed by atoms with van der Waals surface area (Å²) in [7, 11) is -9.91. The number of hydrogen-bond acceptors (Lipinski definition) is 15. The third-order valence-corrected chi connectivity index (χ3v) is 20.1. The van der Waals surface area contributed by atoms with Gasteiger partial charge in [0.05, 0.1) is 26.4 Å². The highest BCUT2D eigenvalue weighted by molar-refractivity contribution is 7.47. The van der Waals surface area contributed by atoms with E-state index in [0.717, 1.165) is 114 Å². The van der Waals surface area contributed by atoms with Crippen LogP contribution in [0.25, 0.3) is 0 Å². The second-order valence-corrected chi connectivity index (χ2v) is 32.3. The summed E-state index contributed by atoms with van der Waals surface area (Å²) in [5.74, 6) is 0.916. The number of ether oxygens (including phenoxy) is 4. The van der Waals surface area contributed by atoms with E-state index in [1.807, 2.05) is 0 Å². The number of aliphatic hydroxyl groups excluding tert-OH is 1. The van der Waals surface area contributed by atoms with Crippen LogP contribution < -0.4 is 0 Å². The maximum atomic E-state index is 13.1. The lowest BCUT2D eigenvalue weighted by molar-refractivity contribution is -0.161. The highest BCUT2D eigenvalue weighted by atomic mass is 31.2. The van der Waals surface area contributed by atoms with E-state index in [9.17, 15) is 43.2 Å². The van der Waals surface area contributed by atoms with Crippen LogP contribution in [0.2, 0.25) is 0 Å². The summed E-state index contributed by atoms with van der Waals surface area (Å²) in [5, 5.41) is 10.6. The van der Waals surface area contributed by atoms with Gasteiger partial charge in [-0.2, -0.15) is 0 Å². The predicted octanol–water partition coefficient (Wildman–Crippen LogP) is 22.4. The molecule has 0 fully saturated rings. The van der Waals surface area contributed by atoms with Gasteiger partial charge in [0, 0.05) is 25.7 Å². The van der Waals surface area contributed by atoms with E-state index in [2.05, 4.69) is 55.4 Å². The molecule has 0 spiro atoms. The van der Waals surface area contributed by atoms with Crippen LogP contribution >= 0.6 is 15.6 Å². The number of phosphoric acid groups is 2. The molecule has 0 saturated heterocycles. The maximum absolute atomic E-state index is 13.1. The van der Waals surface area contributed by atoms with Gasteiger partial charge in [-0.25, -0.2) is 9.13 Å². The van der Waals surface area contributed by atoms with Crippen molar-refractivity contribution >= 4 is 39.5 Å². The first-order valence-electron chi connectivity index (χ1n) is 39.7. The zero-order valence-corrected chi connectivity index (χ0v) is 64.8. The summed E-state index contributed by atoms with van der Waals surface area (Å²) >= 11 is 0. The van der Waals surface area contributed by atoms with Crippen molar-refractivity contribution in [3.8, 4) is 0 Å². The van der Waals surface area contributed by atoms with E-state index in [4.69, 9.17) is 37.0 Å². The van der Waals surface area contributed by atoms with Crippen molar-refractivity contribution in [2.24, 2.45) is 23.7 Å². The average Bonchev–Trinajstić information content (AvgIpc) is 1.73. The first-order valence-corrected chi connectivity index (χ1v) is 42.7. The number of carbonyl (C=O) groups is 4. The Kier molecular flexibility index (Phi) is 65.0. The SMILES string of the molecule is CCC(C)CCCCCCCCCCCCCCCCCCCCC(=O)O[C@H](COC(=O)CCCCCCCCCCCCCC(C)C)COP(=O)(O)OC[C@@H](O)COP(=O)(O)OC[C@@H](COC(=O)CCCCCCCCC(C)C)OC(=O)CCCCCCCCCCC(C)C. The third kappa shape index (κ3) is 69.2. The highest BCUT2D eigenvalue weighted by Gasteiger charge is 2.30. The fourth-order valence-corrected chi connectivity index (χ4v) is 13.3. The summed E-state index contributed by atoms with van der Waals surface area (Å²) < 4.78 is 68.5. The second kappa shape index (κ2) is 66.3. The van der Waals surface area contributed by atoms with Crippen molar-refractivity contribution in [1.29, 1.82) is 0 Å². The Morgan fingerprint density at radius 1 is 0.292 bits per heavy atom. The molecule has 0 radical (unpaired) electrons. The summed E-state index contributed by atoms with van der Waals surface area (Å²) in [4.78, 5) is 72.7. The Balaban J connectivity index is 5.19. The second-order valence-electron chi connectivity index (χ2n) is 29.4. The van der Waals surface area contributed by atoms with E-state index in [0.29, 0.717) is 31.6 Å². The molecule has 0 aromatic carbocycles. The number of unbranched alkanes of at least 4 members (excludes halogenated alkanes) is 39. The highest BCUT2D eigenvalue weighted by Crippen LogP contribution is 2.45. The van der Waals surface area contributed by atoms with Crippen LogP contribution in [0.1, 0.15) is 389 Å². The van der Waals surface area contributed by atoms with Gasteiger partial charge in [-0.1, -0.05) is 338 Å². The first-order chi connectivity index (χ1) is 46.1. The number of phosphoric ester groups is 2. The minimum atomic E-state index is -4.96. The minimum absolute atomic E-state index is 0.103. The average molecular weight is 1410 g/mol. The van der Waals surface area contributed by atoms with Gasteiger partial charge in [-0.3, -0.25) is 37.3 Å². The summed E-state index contributed by atoms with van der Waals surface area (Å²) in [5.41, 5.74) is 0. The zero-order chi connectivity index (χ0) is 71.0. The van der Waals surface area contributed by atoms with Gasteiger partial charge in [-0.15, -0.1) is 0 Å². The van der Waals surface area contributed by atoms with Crippen molar-refractivity contribution in [2.45, 2.75) is 408 Å². The number of rotatable bonds is 74. The molecule has 19 heteroatoms. The maximum Gasteiger partial charge on any atom is 0.472 e. The summed E-state index contributed by atoms with van der Waals surface area (Å²) in [6, 6.07) is 0. The van der Waals surface area contributed by atoms with Gasteiger partial charge in [0.25, 0.3) is 0 Å². The van der Waals surface area contributed by atoms with E-state index in [1.165, 1.54) is 186 Å². The number of aliphatic hydroxyl groups is 1. The lowest BCUT2D eigenvalue weighted by Gasteiger charge is -2.21. The molecule has 0 aliphatic heterocycles. The molecule has 0 heterocycles. The predicted molar refractivity (Wildman–Crippen MR) is 391 cm³/mol. The molecule has 0 saturated carbocycles. The topological polar surface area (TPSA) is 237 Å². The number of esters is 4. The van der Waals surface area contributed by atoms with Crippen molar-refractivity contribution in [2.75, 3.05) is 39.6 Å². The van der Waals surface area contributed by atoms with Crippen LogP contribution in [0.4, 0.5) is 0 Å². The molecule has 96 heavy (non-hydrogen) atoms. The number of carbonyl (C=O) groups excluding carboxylic acids is 4. The lowest BCUT2D eigenvalue weighted by Crippen LogP contribution is -2.30. The number of hydrogen-bond donors (Lipinski definition) is 3. The van der Waals surface area contributed by atoms with Gasteiger partial charge in [0.2, 0.25) is 0 Å². The molecule has 0 aliphatic rings. The van der Waals surface area contributed by atoms with Gasteiger partial charge in [-0.05, 0) is 49.4 Å². The molecule has 0 aromatic heterocycles. The fraction of sp³-hybridized carbons (Fsp3) is 0.948. The van der Waals surface area contributed by atoms with Gasteiger partial charge in [0.1, 0.15) is 19.3 Å². The van der Waals surface area contributed by atoms with Crippen molar-refractivity contribution in [1.82, 2.24) is 0 Å². The Labute approximate surface area is 588 Å². The summed E-state index contributed by atoms with van der Waals surface area (Å²) in [6.45, 7) is 14.1. The molecule has 3 unspecified atom stereocenters. The van der Waals surface area contributed by atoms with Crippen LogP contribution in [-0.4, -0.2) is 96.7 Å². The smallest absolute Gasteiger partial charge is 0.462 e. The van der Waals surface area contributed by atoms with Crippen molar-refractivity contribution < 1.29 is 80.2 Å². The largest absolute Gasteiger partial charge is 0.472 e. The Morgan fingerprint density at radius 2 is 0.500 bits per heavy atom. The minimum Gasteiger partial charge on any atom is -0.462 e. The Hall–Kier alpha value is -1.94. The molecule has 6 atom stereocenters. The van der Waals surface area contributed by atoms with Gasteiger partial charge >= 0.3 is 39.5 Å². The molecule has 0 rings (SSSR count). The van der Waals surface area contributed by atoms with Crippen LogP contribution in [0, 0.1) is 23.7 Å². The Bertz CT molecular complexity index is 1890. The molecule has 3 N–H and O–H groups in total. The van der Waals surface area contributed by atoms with E-state index in [-0.39, 0.29) is 25.7 Å². The monoisotopic (exact) mass is 1410 g/mol. The zero-order valence-electron chi connectivity index (χ0n) is 63.0. The molecule has 17 nitrogen and oxygen atoms in total. The van der Waals surface area contributed by atoms with Crippen LogP contribution in [0.5, 0.6) is 0 Å². The van der Waals surface area contributed by atoms with Crippen molar-refractivity contribution in [3.05, 3.63) is 0 Å².